The Hall–Kier alpha value is -1.51. The number of nitrogen functional groups attached to an aromatic ring is 1. The van der Waals surface area contributed by atoms with E-state index in [0.29, 0.717) is 5.84 Å². The van der Waals surface area contributed by atoms with Crippen LogP contribution in [0.1, 0.15) is 25.0 Å². The van der Waals surface area contributed by atoms with Crippen LogP contribution in [0.3, 0.4) is 0 Å². The molecule has 1 aromatic rings. The number of nitrogens with zero attached hydrogens (tertiary/aromatic N) is 1. The highest BCUT2D eigenvalue weighted by Crippen LogP contribution is 2.11. The van der Waals surface area contributed by atoms with Crippen molar-refractivity contribution in [3.8, 4) is 0 Å². The lowest BCUT2D eigenvalue weighted by atomic mass is 10.1. The van der Waals surface area contributed by atoms with Crippen LogP contribution in [0, 0.1) is 6.92 Å². The van der Waals surface area contributed by atoms with Crippen LogP contribution in [0.5, 0.6) is 0 Å². The van der Waals surface area contributed by atoms with Crippen molar-refractivity contribution >= 4 is 11.5 Å². The average Bonchev–Trinajstić information content (AvgIpc) is 2.20. The van der Waals surface area contributed by atoms with Crippen LogP contribution in [-0.2, 0) is 0 Å². The Labute approximate surface area is 85.8 Å². The van der Waals surface area contributed by atoms with Crippen molar-refractivity contribution in [2.75, 3.05) is 12.8 Å². The SMILES string of the molecule is CC.CN=C(N)c1ccc(N)cc1C. The van der Waals surface area contributed by atoms with E-state index in [2.05, 4.69) is 4.99 Å². The van der Waals surface area contributed by atoms with Crippen molar-refractivity contribution in [3.63, 3.8) is 0 Å². The Kier molecular flexibility index (Phi) is 5.37. The van der Waals surface area contributed by atoms with Gasteiger partial charge < -0.3 is 11.5 Å². The molecule has 0 spiro atoms. The topological polar surface area (TPSA) is 64.4 Å². The van der Waals surface area contributed by atoms with E-state index in [1.807, 2.05) is 39.0 Å². The predicted octanol–water partition coefficient (Wildman–Crippen LogP) is 1.94. The van der Waals surface area contributed by atoms with Crippen LogP contribution in [0.4, 0.5) is 5.69 Å². The summed E-state index contributed by atoms with van der Waals surface area (Å²) in [6.07, 6.45) is 0. The van der Waals surface area contributed by atoms with Gasteiger partial charge in [-0.3, -0.25) is 4.99 Å². The maximum atomic E-state index is 5.65. The zero-order chi connectivity index (χ0) is 11.1. The average molecular weight is 193 g/mol. The van der Waals surface area contributed by atoms with E-state index in [0.717, 1.165) is 16.8 Å². The number of aryl methyl sites for hydroxylation is 1. The van der Waals surface area contributed by atoms with Gasteiger partial charge in [0.25, 0.3) is 0 Å². The van der Waals surface area contributed by atoms with Crippen LogP contribution < -0.4 is 11.5 Å². The van der Waals surface area contributed by atoms with Crippen LogP contribution in [0.15, 0.2) is 23.2 Å². The summed E-state index contributed by atoms with van der Waals surface area (Å²) in [5.74, 6) is 0.549. The summed E-state index contributed by atoms with van der Waals surface area (Å²) < 4.78 is 0. The van der Waals surface area contributed by atoms with Gasteiger partial charge in [-0.15, -0.1) is 0 Å². The molecule has 0 saturated heterocycles. The standard InChI is InChI=1S/C9H13N3.C2H6/c1-6-5-7(10)3-4-8(6)9(11)12-2;1-2/h3-5H,10H2,1-2H3,(H2,11,12);1-2H3. The van der Waals surface area contributed by atoms with Crippen LogP contribution in [0.2, 0.25) is 0 Å². The Balaban J connectivity index is 0.000000791. The molecular formula is C11H19N3. The smallest absolute Gasteiger partial charge is 0.125 e. The molecule has 0 aliphatic carbocycles. The molecule has 0 bridgehead atoms. The van der Waals surface area contributed by atoms with E-state index in [1.165, 1.54) is 0 Å². The molecule has 3 heteroatoms. The molecule has 78 valence electrons. The zero-order valence-electron chi connectivity index (χ0n) is 9.33. The van der Waals surface area contributed by atoms with Gasteiger partial charge in [0, 0.05) is 18.3 Å². The number of hydrogen-bond acceptors (Lipinski definition) is 2. The summed E-state index contributed by atoms with van der Waals surface area (Å²) in [7, 11) is 1.67. The molecule has 4 N–H and O–H groups in total. The maximum Gasteiger partial charge on any atom is 0.125 e. The zero-order valence-corrected chi connectivity index (χ0v) is 9.33. The van der Waals surface area contributed by atoms with Crippen LogP contribution in [0.25, 0.3) is 0 Å². The molecule has 3 nitrogen and oxygen atoms in total. The van der Waals surface area contributed by atoms with Crippen LogP contribution in [-0.4, -0.2) is 12.9 Å². The van der Waals surface area contributed by atoms with Gasteiger partial charge in [0.1, 0.15) is 5.84 Å². The molecule has 0 atom stereocenters. The van der Waals surface area contributed by atoms with E-state index < -0.39 is 0 Å². The fraction of sp³-hybridized carbons (Fsp3) is 0.364. The lowest BCUT2D eigenvalue weighted by molar-refractivity contribution is 1.35. The third kappa shape index (κ3) is 3.09. The summed E-state index contributed by atoms with van der Waals surface area (Å²) in [6.45, 7) is 5.96. The Bertz CT molecular complexity index is 316. The number of hydrogen-bond donors (Lipinski definition) is 2. The third-order valence-corrected chi connectivity index (χ3v) is 1.77. The molecule has 0 heterocycles. The molecule has 0 fully saturated rings. The van der Waals surface area contributed by atoms with Crippen molar-refractivity contribution < 1.29 is 0 Å². The second-order valence-corrected chi connectivity index (χ2v) is 2.68. The first kappa shape index (κ1) is 12.5. The van der Waals surface area contributed by atoms with Gasteiger partial charge in [0.05, 0.1) is 0 Å². The molecule has 1 aromatic carbocycles. The van der Waals surface area contributed by atoms with Gasteiger partial charge in [-0.2, -0.15) is 0 Å². The summed E-state index contributed by atoms with van der Waals surface area (Å²) in [4.78, 5) is 3.90. The molecule has 0 radical (unpaired) electrons. The van der Waals surface area contributed by atoms with E-state index in [-0.39, 0.29) is 0 Å². The molecule has 0 unspecified atom stereocenters. The van der Waals surface area contributed by atoms with E-state index in [4.69, 9.17) is 11.5 Å². The maximum absolute atomic E-state index is 5.65. The number of nitrogens with two attached hydrogens (primary N) is 2. The lowest BCUT2D eigenvalue weighted by Crippen LogP contribution is -2.14. The Morgan fingerprint density at radius 3 is 2.29 bits per heavy atom. The van der Waals surface area contributed by atoms with Gasteiger partial charge in [-0.05, 0) is 30.7 Å². The number of rotatable bonds is 1. The van der Waals surface area contributed by atoms with E-state index >= 15 is 0 Å². The van der Waals surface area contributed by atoms with Crippen molar-refractivity contribution in [2.45, 2.75) is 20.8 Å². The van der Waals surface area contributed by atoms with Gasteiger partial charge in [0.2, 0.25) is 0 Å². The second kappa shape index (κ2) is 6.02. The number of anilines is 1. The van der Waals surface area contributed by atoms with Gasteiger partial charge in [0.15, 0.2) is 0 Å². The minimum Gasteiger partial charge on any atom is -0.399 e. The quantitative estimate of drug-likeness (QED) is 0.406. The normalized spacial score (nSPS) is 10.4. The number of aliphatic imine (C=N–C) groups is 1. The molecule has 0 aliphatic rings. The van der Waals surface area contributed by atoms with Crippen molar-refractivity contribution in [3.05, 3.63) is 29.3 Å². The first-order valence-corrected chi connectivity index (χ1v) is 4.74. The number of amidine groups is 1. The van der Waals surface area contributed by atoms with Crippen molar-refractivity contribution in [2.24, 2.45) is 10.7 Å². The highest BCUT2D eigenvalue weighted by atomic mass is 14.8. The van der Waals surface area contributed by atoms with Crippen molar-refractivity contribution in [1.82, 2.24) is 0 Å². The first-order chi connectivity index (χ1) is 6.65. The molecule has 1 rings (SSSR count). The number of benzene rings is 1. The monoisotopic (exact) mass is 193 g/mol. The van der Waals surface area contributed by atoms with Gasteiger partial charge >= 0.3 is 0 Å². The second-order valence-electron chi connectivity index (χ2n) is 2.68. The largest absolute Gasteiger partial charge is 0.399 e. The van der Waals surface area contributed by atoms with Crippen LogP contribution >= 0.6 is 0 Å². The van der Waals surface area contributed by atoms with E-state index in [1.54, 1.807) is 7.05 Å². The fourth-order valence-corrected chi connectivity index (χ4v) is 1.09. The lowest BCUT2D eigenvalue weighted by Gasteiger charge is -2.04. The van der Waals surface area contributed by atoms with E-state index in [9.17, 15) is 0 Å². The highest BCUT2D eigenvalue weighted by Gasteiger charge is 2.00. The summed E-state index contributed by atoms with van der Waals surface area (Å²) in [5, 5.41) is 0. The minimum absolute atomic E-state index is 0.549. The minimum atomic E-state index is 0.549. The van der Waals surface area contributed by atoms with Gasteiger partial charge in [-0.1, -0.05) is 13.8 Å². The predicted molar refractivity (Wildman–Crippen MR) is 63.6 cm³/mol. The van der Waals surface area contributed by atoms with Gasteiger partial charge in [-0.25, -0.2) is 0 Å². The molecule has 0 saturated carbocycles. The highest BCUT2D eigenvalue weighted by molar-refractivity contribution is 5.98. The molecule has 0 aromatic heterocycles. The molecule has 0 aliphatic heterocycles. The Morgan fingerprint density at radius 1 is 1.29 bits per heavy atom. The molecular weight excluding hydrogens is 174 g/mol. The summed E-state index contributed by atoms with van der Waals surface area (Å²) in [5.41, 5.74) is 14.0. The molecule has 0 amide bonds. The van der Waals surface area contributed by atoms with Crippen molar-refractivity contribution in [1.29, 1.82) is 0 Å². The fourth-order valence-electron chi connectivity index (χ4n) is 1.09. The third-order valence-electron chi connectivity index (χ3n) is 1.77. The first-order valence-electron chi connectivity index (χ1n) is 4.74. The Morgan fingerprint density at radius 2 is 1.86 bits per heavy atom. The summed E-state index contributed by atoms with van der Waals surface area (Å²) in [6, 6.07) is 5.58. The summed E-state index contributed by atoms with van der Waals surface area (Å²) >= 11 is 0. The molecule has 14 heavy (non-hydrogen) atoms.